The Bertz CT molecular complexity index is 1960. The van der Waals surface area contributed by atoms with Crippen LogP contribution in [0.1, 0.15) is 40.9 Å². The number of nitrogens with one attached hydrogen (secondary N) is 1. The van der Waals surface area contributed by atoms with Gasteiger partial charge in [-0.3, -0.25) is 14.4 Å². The molecule has 224 valence electrons. The summed E-state index contributed by atoms with van der Waals surface area (Å²) in [4.78, 5) is 50.9. The van der Waals surface area contributed by atoms with E-state index < -0.39 is 63.4 Å². The average Bonchev–Trinajstić information content (AvgIpc) is 2.94. The van der Waals surface area contributed by atoms with Crippen LogP contribution < -0.4 is 15.5 Å². The van der Waals surface area contributed by atoms with Gasteiger partial charge in [-0.05, 0) is 49.9 Å². The van der Waals surface area contributed by atoms with E-state index in [0.29, 0.717) is 5.56 Å². The van der Waals surface area contributed by atoms with E-state index >= 15 is 0 Å². The molecule has 1 atom stereocenters. The standard InChI is InChI=1S/C30H27NO12/c1-11(33)8-13-9-12-4-5-14-19(17(12)24(36)18(13)28(39)31-30(2,10-32)29(40)41)25(37)21-26(38)20-15(43-27(21)22(14)34)6-7-16(42-3)23(20)35/h6-7,9,32,34-37H,4-5,8,10H2,1-3H3,(H,31,39)(H,40,41)/t30-/m0/s1. The molecule has 0 fully saturated rings. The van der Waals surface area contributed by atoms with Gasteiger partial charge in [0.2, 0.25) is 5.43 Å². The molecular formula is C30H27NO12. The molecule has 13 nitrogen and oxygen atoms in total. The number of hydrogen-bond acceptors (Lipinski definition) is 11. The number of ether oxygens (including phenoxy) is 1. The molecule has 0 saturated carbocycles. The highest BCUT2D eigenvalue weighted by molar-refractivity contribution is 6.08. The van der Waals surface area contributed by atoms with Crippen molar-refractivity contribution in [3.8, 4) is 39.9 Å². The number of aryl methyl sites for hydroxylation is 1. The van der Waals surface area contributed by atoms with Crippen LogP contribution >= 0.6 is 0 Å². The summed E-state index contributed by atoms with van der Waals surface area (Å²) in [5.74, 6) is -5.65. The maximum Gasteiger partial charge on any atom is 0.331 e. The number of aliphatic hydroxyl groups excluding tert-OH is 1. The Morgan fingerprint density at radius 2 is 1.70 bits per heavy atom. The van der Waals surface area contributed by atoms with Crippen LogP contribution in [0.5, 0.6) is 28.7 Å². The van der Waals surface area contributed by atoms with Crippen molar-refractivity contribution in [2.24, 2.45) is 0 Å². The molecule has 1 amide bonds. The van der Waals surface area contributed by atoms with E-state index in [4.69, 9.17) is 9.15 Å². The molecule has 3 aromatic carbocycles. The Labute approximate surface area is 242 Å². The number of carbonyl (C=O) groups is 3. The van der Waals surface area contributed by atoms with Gasteiger partial charge < -0.3 is 45.1 Å². The number of benzene rings is 3. The predicted octanol–water partition coefficient (Wildman–Crippen LogP) is 2.24. The highest BCUT2D eigenvalue weighted by Crippen LogP contribution is 2.52. The van der Waals surface area contributed by atoms with Crippen LogP contribution in [0.4, 0.5) is 0 Å². The van der Waals surface area contributed by atoms with Crippen LogP contribution in [0.15, 0.2) is 27.4 Å². The summed E-state index contributed by atoms with van der Waals surface area (Å²) in [6.07, 6.45) is -0.0507. The van der Waals surface area contributed by atoms with Gasteiger partial charge in [0.1, 0.15) is 33.6 Å². The molecule has 0 radical (unpaired) electrons. The van der Waals surface area contributed by atoms with Crippen molar-refractivity contribution in [1.82, 2.24) is 5.32 Å². The first-order valence-corrected chi connectivity index (χ1v) is 13.0. The number of phenols is 4. The van der Waals surface area contributed by atoms with E-state index in [0.717, 1.165) is 6.92 Å². The monoisotopic (exact) mass is 593 g/mol. The third-order valence-electron chi connectivity index (χ3n) is 7.69. The second kappa shape index (κ2) is 10.2. The summed E-state index contributed by atoms with van der Waals surface area (Å²) < 4.78 is 10.8. The number of carboxylic acid groups (broad SMARTS) is 1. The van der Waals surface area contributed by atoms with Crippen LogP contribution in [0.2, 0.25) is 0 Å². The lowest BCUT2D eigenvalue weighted by molar-refractivity contribution is -0.145. The molecule has 0 aliphatic heterocycles. The van der Waals surface area contributed by atoms with E-state index in [1.54, 1.807) is 0 Å². The summed E-state index contributed by atoms with van der Waals surface area (Å²) >= 11 is 0. The molecular weight excluding hydrogens is 566 g/mol. The first-order valence-electron chi connectivity index (χ1n) is 13.0. The van der Waals surface area contributed by atoms with Gasteiger partial charge >= 0.3 is 5.97 Å². The lowest BCUT2D eigenvalue weighted by Gasteiger charge is -2.28. The summed E-state index contributed by atoms with van der Waals surface area (Å²) in [5.41, 5.74) is -3.83. The third-order valence-corrected chi connectivity index (χ3v) is 7.69. The molecule has 1 aromatic heterocycles. The number of carboxylic acids is 1. The summed E-state index contributed by atoms with van der Waals surface area (Å²) in [6.45, 7) is 1.31. The molecule has 0 saturated heterocycles. The SMILES string of the molecule is COc1ccc2oc3c(O)c4c(c(O)c3c(=O)c2c1O)-c1c(cc(CC(C)=O)c(C(=O)N[C@@](C)(CO)C(=O)O)c1O)CC4. The molecule has 0 unspecified atom stereocenters. The van der Waals surface area contributed by atoms with E-state index in [-0.39, 0.29) is 69.6 Å². The first-order chi connectivity index (χ1) is 20.2. The molecule has 1 aliphatic carbocycles. The number of Topliss-reactive ketones (excluding diaryl/α,β-unsaturated/α-hetero) is 1. The number of aromatic hydroxyl groups is 4. The number of fused-ring (bicyclic) bond motifs is 5. The van der Waals surface area contributed by atoms with Crippen molar-refractivity contribution in [3.63, 3.8) is 0 Å². The van der Waals surface area contributed by atoms with Crippen molar-refractivity contribution in [2.45, 2.75) is 38.6 Å². The normalized spacial score (nSPS) is 13.7. The largest absolute Gasteiger partial charge is 0.506 e. The fourth-order valence-corrected chi connectivity index (χ4v) is 5.48. The Hall–Kier alpha value is -5.30. The van der Waals surface area contributed by atoms with Crippen molar-refractivity contribution < 1.29 is 54.2 Å². The number of phenolic OH excluding ortho intramolecular Hbond substituents is 4. The minimum Gasteiger partial charge on any atom is -0.506 e. The van der Waals surface area contributed by atoms with Crippen LogP contribution in [0, 0.1) is 0 Å². The number of carbonyl (C=O) groups excluding carboxylic acids is 2. The zero-order chi connectivity index (χ0) is 31.5. The molecule has 1 aliphatic rings. The van der Waals surface area contributed by atoms with Gasteiger partial charge in [-0.2, -0.15) is 0 Å². The fourth-order valence-electron chi connectivity index (χ4n) is 5.48. The van der Waals surface area contributed by atoms with Crippen molar-refractivity contribution in [2.75, 3.05) is 13.7 Å². The quantitative estimate of drug-likeness (QED) is 0.121. The fraction of sp³-hybridized carbons (Fsp3) is 0.267. The summed E-state index contributed by atoms with van der Waals surface area (Å²) in [7, 11) is 1.27. The Morgan fingerprint density at radius 1 is 1.00 bits per heavy atom. The molecule has 13 heteroatoms. The zero-order valence-electron chi connectivity index (χ0n) is 23.2. The number of rotatable bonds is 7. The van der Waals surface area contributed by atoms with E-state index in [1.165, 1.54) is 32.2 Å². The van der Waals surface area contributed by atoms with Gasteiger partial charge in [-0.1, -0.05) is 6.07 Å². The van der Waals surface area contributed by atoms with Crippen LogP contribution in [0.3, 0.4) is 0 Å². The molecule has 43 heavy (non-hydrogen) atoms. The minimum absolute atomic E-state index is 0.0475. The van der Waals surface area contributed by atoms with E-state index in [9.17, 15) is 49.8 Å². The molecule has 0 spiro atoms. The number of amides is 1. The number of ketones is 1. The molecule has 5 rings (SSSR count). The molecule has 1 heterocycles. The maximum atomic E-state index is 13.6. The van der Waals surface area contributed by atoms with Gasteiger partial charge in [0.05, 0.1) is 19.3 Å². The maximum absolute atomic E-state index is 13.6. The second-order valence-electron chi connectivity index (χ2n) is 10.6. The lowest BCUT2D eigenvalue weighted by Crippen LogP contribution is -2.55. The summed E-state index contributed by atoms with van der Waals surface area (Å²) in [5, 5.41) is 65.5. The molecule has 0 bridgehead atoms. The summed E-state index contributed by atoms with van der Waals surface area (Å²) in [6, 6.07) is 4.16. The zero-order valence-corrected chi connectivity index (χ0v) is 23.2. The Balaban J connectivity index is 1.85. The minimum atomic E-state index is -2.15. The smallest absolute Gasteiger partial charge is 0.331 e. The third kappa shape index (κ3) is 4.36. The van der Waals surface area contributed by atoms with Gasteiger partial charge in [-0.25, -0.2) is 4.79 Å². The second-order valence-corrected chi connectivity index (χ2v) is 10.6. The lowest BCUT2D eigenvalue weighted by atomic mass is 9.80. The number of aliphatic carboxylic acids is 1. The number of hydrogen-bond donors (Lipinski definition) is 7. The average molecular weight is 594 g/mol. The predicted molar refractivity (Wildman–Crippen MR) is 151 cm³/mol. The van der Waals surface area contributed by atoms with E-state index in [2.05, 4.69) is 5.32 Å². The topological polar surface area (TPSA) is 224 Å². The van der Waals surface area contributed by atoms with Crippen LogP contribution in [-0.4, -0.2) is 67.6 Å². The van der Waals surface area contributed by atoms with Crippen LogP contribution in [0.25, 0.3) is 33.1 Å². The first kappa shape index (κ1) is 29.2. The Kier molecular flexibility index (Phi) is 6.93. The van der Waals surface area contributed by atoms with Gasteiger partial charge in [0.15, 0.2) is 28.4 Å². The Morgan fingerprint density at radius 3 is 2.30 bits per heavy atom. The van der Waals surface area contributed by atoms with Gasteiger partial charge in [0.25, 0.3) is 5.91 Å². The highest BCUT2D eigenvalue weighted by Gasteiger charge is 2.38. The highest BCUT2D eigenvalue weighted by atomic mass is 16.5. The van der Waals surface area contributed by atoms with Crippen molar-refractivity contribution in [3.05, 3.63) is 50.7 Å². The number of methoxy groups -OCH3 is 1. The van der Waals surface area contributed by atoms with Crippen molar-refractivity contribution >= 4 is 39.6 Å². The molecule has 7 N–H and O–H groups in total. The van der Waals surface area contributed by atoms with Gasteiger partial charge in [-0.15, -0.1) is 0 Å². The molecule has 4 aromatic rings. The van der Waals surface area contributed by atoms with E-state index in [1.807, 2.05) is 0 Å². The van der Waals surface area contributed by atoms with Gasteiger partial charge in [0, 0.05) is 23.1 Å². The number of aliphatic hydroxyl groups is 1. The van der Waals surface area contributed by atoms with Crippen molar-refractivity contribution in [1.29, 1.82) is 0 Å². The van der Waals surface area contributed by atoms with Crippen LogP contribution in [-0.2, 0) is 28.9 Å².